The molecule has 0 aliphatic heterocycles. The minimum Gasteiger partial charge on any atom is -0.359 e. The highest BCUT2D eigenvalue weighted by Crippen LogP contribution is 2.12. The van der Waals surface area contributed by atoms with Crippen molar-refractivity contribution in [3.05, 3.63) is 42.0 Å². The fraction of sp³-hybridized carbons (Fsp3) is 0.278. The monoisotopic (exact) mass is 454 g/mol. The van der Waals surface area contributed by atoms with Crippen LogP contribution in [-0.2, 0) is 9.53 Å². The molecule has 1 aromatic carbocycles. The van der Waals surface area contributed by atoms with Crippen LogP contribution in [0.5, 0.6) is 0 Å². The first-order valence-corrected chi connectivity index (χ1v) is 9.14. The smallest absolute Gasteiger partial charge is 0.359 e. The molecule has 0 saturated carbocycles. The molecule has 0 radical (unpaired) electrons. The van der Waals surface area contributed by atoms with Gasteiger partial charge in [0.15, 0.2) is 5.78 Å². The molecule has 7 heteroatoms. The lowest BCUT2D eigenvalue weighted by Crippen LogP contribution is -2.43. The van der Waals surface area contributed by atoms with Crippen molar-refractivity contribution in [2.75, 3.05) is 4.43 Å². The van der Waals surface area contributed by atoms with Crippen molar-refractivity contribution in [1.82, 2.24) is 4.90 Å². The number of nitrogens with two attached hydrogens (primary N) is 1. The van der Waals surface area contributed by atoms with E-state index < -0.39 is 18.2 Å². The molecule has 0 aromatic heterocycles. The Labute approximate surface area is 160 Å². The minimum atomic E-state index is -1.24. The van der Waals surface area contributed by atoms with E-state index >= 15 is 0 Å². The summed E-state index contributed by atoms with van der Waals surface area (Å²) in [6.07, 6.45) is 1.78. The molecule has 6 nitrogen and oxygen atoms in total. The number of rotatable bonds is 6. The molecule has 132 valence electrons. The number of benzene rings is 1. The van der Waals surface area contributed by atoms with E-state index in [1.165, 1.54) is 6.08 Å². The summed E-state index contributed by atoms with van der Waals surface area (Å²) in [6.45, 7) is 1.88. The number of primary amides is 1. The molecular formula is C18H19IN2O4. The van der Waals surface area contributed by atoms with Gasteiger partial charge in [0.25, 0.3) is 0 Å². The zero-order chi connectivity index (χ0) is 18.7. The quantitative estimate of drug-likeness (QED) is 0.178. The van der Waals surface area contributed by atoms with Gasteiger partial charge in [0.1, 0.15) is 6.04 Å². The van der Waals surface area contributed by atoms with E-state index in [0.29, 0.717) is 17.3 Å². The van der Waals surface area contributed by atoms with Gasteiger partial charge in [-0.15, -0.1) is 0 Å². The Morgan fingerprint density at radius 1 is 1.32 bits per heavy atom. The van der Waals surface area contributed by atoms with Crippen molar-refractivity contribution in [2.24, 2.45) is 5.73 Å². The lowest BCUT2D eigenvalue weighted by Gasteiger charge is -2.23. The normalized spacial score (nSPS) is 11.3. The number of halogens is 1. The number of carbonyl (C=O) groups is 3. The molecule has 0 heterocycles. The van der Waals surface area contributed by atoms with E-state index in [0.717, 1.165) is 10.5 Å². The minimum absolute atomic E-state index is 0.310. The predicted octanol–water partition coefficient (Wildman–Crippen LogP) is 3.35. The fourth-order valence-electron chi connectivity index (χ4n) is 2.03. The van der Waals surface area contributed by atoms with Crippen molar-refractivity contribution >= 4 is 46.6 Å². The van der Waals surface area contributed by atoms with Crippen LogP contribution in [0.2, 0.25) is 0 Å². The topological polar surface area (TPSA) is 89.7 Å². The predicted molar refractivity (Wildman–Crippen MR) is 104 cm³/mol. The first kappa shape index (κ1) is 20.7. The summed E-state index contributed by atoms with van der Waals surface area (Å²) in [4.78, 5) is 36.4. The van der Waals surface area contributed by atoms with Crippen molar-refractivity contribution in [1.29, 1.82) is 0 Å². The van der Waals surface area contributed by atoms with Gasteiger partial charge < -0.3 is 10.5 Å². The number of amides is 2. The van der Waals surface area contributed by atoms with Crippen LogP contribution in [0.3, 0.4) is 0 Å². The zero-order valence-electron chi connectivity index (χ0n) is 13.8. The number of hydrogen-bond donors (Lipinski definition) is 1. The number of nitrogens with zero attached hydrogens (tertiary/aromatic N) is 1. The van der Waals surface area contributed by atoms with Gasteiger partial charge in [0, 0.05) is 6.04 Å². The second kappa shape index (κ2) is 11.3. The standard InChI is InChI=1S/C18H19IN2O4/c1-2-7-15(16(22)11-10-14-8-4-3-5-9-14)21(13-6-12-19)18(24)25-17(20)23/h3-5,8-11,15H,2,7,12H2,1H3,(H2,20,23). The molecule has 0 spiro atoms. The Balaban J connectivity index is 3.05. The zero-order valence-corrected chi connectivity index (χ0v) is 15.9. The van der Waals surface area contributed by atoms with E-state index in [4.69, 9.17) is 5.73 Å². The maximum Gasteiger partial charge on any atom is 0.431 e. The second-order valence-corrected chi connectivity index (χ2v) is 5.69. The van der Waals surface area contributed by atoms with Gasteiger partial charge in [-0.1, -0.05) is 78.3 Å². The lowest BCUT2D eigenvalue weighted by atomic mass is 10.0. The maximum atomic E-state index is 12.6. The number of ether oxygens (including phenoxy) is 1. The first-order chi connectivity index (χ1) is 12.0. The largest absolute Gasteiger partial charge is 0.431 e. The van der Waals surface area contributed by atoms with Crippen LogP contribution in [0, 0.1) is 12.0 Å². The van der Waals surface area contributed by atoms with Crippen LogP contribution in [0.1, 0.15) is 25.3 Å². The van der Waals surface area contributed by atoms with Crippen LogP contribution in [0.15, 0.2) is 36.4 Å². The SMILES string of the molecule is CCCC(C(=O)C=Cc1ccccc1)N(C#CCI)C(=O)OC(N)=O. The maximum absolute atomic E-state index is 12.6. The summed E-state index contributed by atoms with van der Waals surface area (Å²) in [7, 11) is 0. The Bertz CT molecular complexity index is 692. The van der Waals surface area contributed by atoms with E-state index in [1.807, 2.05) is 59.8 Å². The van der Waals surface area contributed by atoms with Gasteiger partial charge in [-0.2, -0.15) is 0 Å². The third-order valence-electron chi connectivity index (χ3n) is 3.09. The van der Waals surface area contributed by atoms with E-state index in [2.05, 4.69) is 16.7 Å². The van der Waals surface area contributed by atoms with Gasteiger partial charge in [0.2, 0.25) is 0 Å². The van der Waals surface area contributed by atoms with Crippen LogP contribution in [0.4, 0.5) is 9.59 Å². The highest BCUT2D eigenvalue weighted by atomic mass is 127. The number of ketones is 1. The number of alkyl halides is 1. The van der Waals surface area contributed by atoms with E-state index in [-0.39, 0.29) is 5.78 Å². The average molecular weight is 454 g/mol. The molecule has 1 unspecified atom stereocenters. The number of hydrogen-bond acceptors (Lipinski definition) is 4. The molecule has 0 bridgehead atoms. The molecule has 0 saturated heterocycles. The highest BCUT2D eigenvalue weighted by molar-refractivity contribution is 14.1. The average Bonchev–Trinajstić information content (AvgIpc) is 2.59. The molecule has 2 N–H and O–H groups in total. The van der Waals surface area contributed by atoms with Crippen molar-refractivity contribution < 1.29 is 19.1 Å². The van der Waals surface area contributed by atoms with E-state index in [1.54, 1.807) is 6.08 Å². The third kappa shape index (κ3) is 7.39. The fourth-order valence-corrected chi connectivity index (χ4v) is 2.20. The number of carbonyl (C=O) groups excluding carboxylic acids is 3. The molecule has 0 fully saturated rings. The Morgan fingerprint density at radius 3 is 2.56 bits per heavy atom. The molecule has 0 aliphatic rings. The molecule has 2 amide bonds. The Morgan fingerprint density at radius 2 is 2.00 bits per heavy atom. The van der Waals surface area contributed by atoms with Gasteiger partial charge in [-0.25, -0.2) is 14.5 Å². The van der Waals surface area contributed by atoms with Gasteiger partial charge >= 0.3 is 12.2 Å². The van der Waals surface area contributed by atoms with Crippen molar-refractivity contribution in [3.8, 4) is 12.0 Å². The summed E-state index contributed by atoms with van der Waals surface area (Å²) < 4.78 is 4.84. The summed E-state index contributed by atoms with van der Waals surface area (Å²) in [5.74, 6) is 2.39. The summed E-state index contributed by atoms with van der Waals surface area (Å²) in [6, 6.07) is 11.0. The van der Waals surface area contributed by atoms with Crippen molar-refractivity contribution in [3.63, 3.8) is 0 Å². The molecule has 0 aliphatic carbocycles. The third-order valence-corrected chi connectivity index (χ3v) is 3.47. The molecule has 1 aromatic rings. The van der Waals surface area contributed by atoms with E-state index in [9.17, 15) is 14.4 Å². The molecule has 1 rings (SSSR count). The summed E-state index contributed by atoms with van der Waals surface area (Å²) in [5.41, 5.74) is 5.74. The van der Waals surface area contributed by atoms with Gasteiger partial charge in [0.05, 0.1) is 4.43 Å². The van der Waals surface area contributed by atoms with Gasteiger partial charge in [-0.05, 0) is 18.1 Å². The van der Waals surface area contributed by atoms with Crippen LogP contribution in [-0.4, -0.2) is 33.3 Å². The van der Waals surface area contributed by atoms with Crippen molar-refractivity contribution in [2.45, 2.75) is 25.8 Å². The van der Waals surface area contributed by atoms with Crippen LogP contribution >= 0.6 is 22.6 Å². The first-order valence-electron chi connectivity index (χ1n) is 7.61. The molecule has 1 atom stereocenters. The summed E-state index contributed by atoms with van der Waals surface area (Å²) >= 11 is 2.01. The van der Waals surface area contributed by atoms with Crippen LogP contribution in [0.25, 0.3) is 6.08 Å². The van der Waals surface area contributed by atoms with Crippen LogP contribution < -0.4 is 5.73 Å². The summed E-state index contributed by atoms with van der Waals surface area (Å²) in [5, 5.41) is 0. The van der Waals surface area contributed by atoms with Gasteiger partial charge in [-0.3, -0.25) is 4.79 Å². The Hall–Kier alpha value is -2.34. The Kier molecular flexibility index (Phi) is 9.32. The molecular weight excluding hydrogens is 435 g/mol. The molecule has 25 heavy (non-hydrogen) atoms. The second-order valence-electron chi connectivity index (χ2n) is 4.93. The lowest BCUT2D eigenvalue weighted by molar-refractivity contribution is -0.118. The highest BCUT2D eigenvalue weighted by Gasteiger charge is 2.29.